The quantitative estimate of drug-likeness (QED) is 0.581. The summed E-state index contributed by atoms with van der Waals surface area (Å²) in [5.74, 6) is 1.53. The highest BCUT2D eigenvalue weighted by Gasteiger charge is 2.06. The highest BCUT2D eigenvalue weighted by atomic mass is 127. The van der Waals surface area contributed by atoms with Crippen LogP contribution in [0, 0.1) is 3.57 Å². The van der Waals surface area contributed by atoms with Gasteiger partial charge < -0.3 is 13.9 Å². The molecular weight excluding hydrogens is 421 g/mol. The number of ether oxygens (including phenoxy) is 2. The number of aromatic nitrogens is 1. The van der Waals surface area contributed by atoms with Crippen molar-refractivity contribution in [1.29, 1.82) is 0 Å². The van der Waals surface area contributed by atoms with Gasteiger partial charge >= 0.3 is 5.63 Å². The van der Waals surface area contributed by atoms with Gasteiger partial charge in [-0.05, 0) is 64.6 Å². The minimum atomic E-state index is -0.398. The summed E-state index contributed by atoms with van der Waals surface area (Å²) in [7, 11) is 3.17. The van der Waals surface area contributed by atoms with Gasteiger partial charge in [0.05, 0.1) is 25.1 Å². The van der Waals surface area contributed by atoms with Gasteiger partial charge in [-0.2, -0.15) is 0 Å². The number of hydrogen-bond acceptors (Lipinski definition) is 5. The third-order valence-corrected chi connectivity index (χ3v) is 4.10. The van der Waals surface area contributed by atoms with Crippen LogP contribution in [0.2, 0.25) is 0 Å². The van der Waals surface area contributed by atoms with Crippen molar-refractivity contribution in [2.24, 2.45) is 0 Å². The Balaban J connectivity index is 1.96. The first-order valence-electron chi connectivity index (χ1n) is 7.11. The van der Waals surface area contributed by atoms with Crippen molar-refractivity contribution < 1.29 is 13.9 Å². The second-order valence-corrected chi connectivity index (χ2v) is 6.19. The van der Waals surface area contributed by atoms with E-state index in [1.807, 2.05) is 30.3 Å². The SMILES string of the molecule is COc1ccc(C=Cc2nc3ccc(I)cc3c(=O)o2)cc1OC. The summed E-state index contributed by atoms with van der Waals surface area (Å²) in [5, 5.41) is 0.477. The fourth-order valence-electron chi connectivity index (χ4n) is 2.26. The Morgan fingerprint density at radius 3 is 2.58 bits per heavy atom. The van der Waals surface area contributed by atoms with Crippen molar-refractivity contribution in [3.05, 3.63) is 61.8 Å². The maximum atomic E-state index is 12.1. The largest absolute Gasteiger partial charge is 0.493 e. The summed E-state index contributed by atoms with van der Waals surface area (Å²) in [5.41, 5.74) is 1.09. The van der Waals surface area contributed by atoms with Crippen LogP contribution < -0.4 is 15.1 Å². The number of nitrogens with zero attached hydrogens (tertiary/aromatic N) is 1. The van der Waals surface area contributed by atoms with E-state index in [9.17, 15) is 4.79 Å². The van der Waals surface area contributed by atoms with Crippen molar-refractivity contribution in [1.82, 2.24) is 4.98 Å². The van der Waals surface area contributed by atoms with E-state index in [0.29, 0.717) is 22.4 Å². The summed E-state index contributed by atoms with van der Waals surface area (Å²) in [6, 6.07) is 11.0. The molecule has 0 aliphatic rings. The van der Waals surface area contributed by atoms with E-state index in [-0.39, 0.29) is 5.89 Å². The van der Waals surface area contributed by atoms with Crippen LogP contribution in [0.25, 0.3) is 23.1 Å². The predicted molar refractivity (Wildman–Crippen MR) is 101 cm³/mol. The van der Waals surface area contributed by atoms with E-state index in [1.54, 1.807) is 32.4 Å². The predicted octanol–water partition coefficient (Wildman–Crippen LogP) is 3.98. The first-order valence-corrected chi connectivity index (χ1v) is 8.19. The summed E-state index contributed by atoms with van der Waals surface area (Å²) >= 11 is 2.15. The van der Waals surface area contributed by atoms with Crippen LogP contribution in [0.15, 0.2) is 45.6 Å². The van der Waals surface area contributed by atoms with Crippen LogP contribution in [-0.2, 0) is 0 Å². The maximum Gasteiger partial charge on any atom is 0.347 e. The molecule has 1 heterocycles. The van der Waals surface area contributed by atoms with Crippen molar-refractivity contribution in [3.8, 4) is 11.5 Å². The van der Waals surface area contributed by atoms with Crippen molar-refractivity contribution in [2.75, 3.05) is 14.2 Å². The fraction of sp³-hybridized carbons (Fsp3) is 0.111. The molecule has 0 unspecified atom stereocenters. The molecule has 3 rings (SSSR count). The smallest absolute Gasteiger partial charge is 0.347 e. The zero-order valence-electron chi connectivity index (χ0n) is 13.1. The van der Waals surface area contributed by atoms with Gasteiger partial charge in [0.25, 0.3) is 0 Å². The molecule has 122 valence electrons. The van der Waals surface area contributed by atoms with E-state index in [1.165, 1.54) is 0 Å². The third kappa shape index (κ3) is 3.43. The van der Waals surface area contributed by atoms with Gasteiger partial charge in [-0.25, -0.2) is 9.78 Å². The van der Waals surface area contributed by atoms with Crippen molar-refractivity contribution in [2.45, 2.75) is 0 Å². The van der Waals surface area contributed by atoms with Crippen LogP contribution >= 0.6 is 22.6 Å². The molecule has 0 aliphatic carbocycles. The molecule has 24 heavy (non-hydrogen) atoms. The summed E-state index contributed by atoms with van der Waals surface area (Å²) in [6.45, 7) is 0. The van der Waals surface area contributed by atoms with E-state index >= 15 is 0 Å². The Kier molecular flexibility index (Phi) is 4.84. The number of methoxy groups -OCH3 is 2. The monoisotopic (exact) mass is 435 g/mol. The van der Waals surface area contributed by atoms with E-state index < -0.39 is 5.63 Å². The minimum absolute atomic E-state index is 0.253. The molecule has 0 N–H and O–H groups in total. The zero-order chi connectivity index (χ0) is 17.1. The molecule has 2 aromatic carbocycles. The molecule has 0 saturated carbocycles. The van der Waals surface area contributed by atoms with Gasteiger partial charge in [-0.1, -0.05) is 6.07 Å². The lowest BCUT2D eigenvalue weighted by Crippen LogP contribution is -2.03. The Labute approximate surface area is 152 Å². The fourth-order valence-corrected chi connectivity index (χ4v) is 2.75. The van der Waals surface area contributed by atoms with Crippen molar-refractivity contribution >= 4 is 45.6 Å². The third-order valence-electron chi connectivity index (χ3n) is 3.43. The maximum absolute atomic E-state index is 12.1. The first kappa shape index (κ1) is 16.5. The molecule has 6 heteroatoms. The summed E-state index contributed by atoms with van der Waals surface area (Å²) in [4.78, 5) is 16.4. The first-order chi connectivity index (χ1) is 11.6. The van der Waals surface area contributed by atoms with E-state index in [4.69, 9.17) is 13.9 Å². The zero-order valence-corrected chi connectivity index (χ0v) is 15.2. The topological polar surface area (TPSA) is 61.6 Å². The molecule has 3 aromatic rings. The molecule has 5 nitrogen and oxygen atoms in total. The molecule has 0 bridgehead atoms. The molecule has 0 spiro atoms. The lowest BCUT2D eigenvalue weighted by molar-refractivity contribution is 0.355. The summed E-state index contributed by atoms with van der Waals surface area (Å²) in [6.07, 6.45) is 3.45. The van der Waals surface area contributed by atoms with Crippen LogP contribution in [0.1, 0.15) is 11.5 Å². The number of halogens is 1. The Morgan fingerprint density at radius 2 is 1.83 bits per heavy atom. The molecule has 0 saturated heterocycles. The van der Waals surface area contributed by atoms with Gasteiger partial charge in [0.1, 0.15) is 0 Å². The number of benzene rings is 2. The molecule has 0 amide bonds. The standard InChI is InChI=1S/C18H14INO4/c1-22-15-7-3-11(9-16(15)23-2)4-8-17-20-14-6-5-12(19)10-13(14)18(21)24-17/h3-10H,1-2H3. The molecule has 0 atom stereocenters. The molecule has 1 aromatic heterocycles. The average molecular weight is 435 g/mol. The van der Waals surface area contributed by atoms with Crippen LogP contribution in [0.5, 0.6) is 11.5 Å². The molecular formula is C18H14INO4. The van der Waals surface area contributed by atoms with E-state index in [0.717, 1.165) is 9.13 Å². The van der Waals surface area contributed by atoms with E-state index in [2.05, 4.69) is 27.6 Å². The second kappa shape index (κ2) is 7.04. The number of hydrogen-bond donors (Lipinski definition) is 0. The van der Waals surface area contributed by atoms with Crippen LogP contribution in [0.3, 0.4) is 0 Å². The van der Waals surface area contributed by atoms with Crippen molar-refractivity contribution in [3.63, 3.8) is 0 Å². The lowest BCUT2D eigenvalue weighted by atomic mass is 10.2. The highest BCUT2D eigenvalue weighted by molar-refractivity contribution is 14.1. The minimum Gasteiger partial charge on any atom is -0.493 e. The van der Waals surface area contributed by atoms with Gasteiger partial charge in [-0.15, -0.1) is 0 Å². The Hall–Kier alpha value is -2.35. The second-order valence-electron chi connectivity index (χ2n) is 4.95. The van der Waals surface area contributed by atoms with Gasteiger partial charge in [-0.3, -0.25) is 0 Å². The van der Waals surface area contributed by atoms with Gasteiger partial charge in [0.15, 0.2) is 11.5 Å². The highest BCUT2D eigenvalue weighted by Crippen LogP contribution is 2.28. The van der Waals surface area contributed by atoms with Gasteiger partial charge in [0, 0.05) is 9.65 Å². The van der Waals surface area contributed by atoms with Crippen LogP contribution in [0.4, 0.5) is 0 Å². The molecule has 0 radical (unpaired) electrons. The lowest BCUT2D eigenvalue weighted by Gasteiger charge is -2.07. The number of fused-ring (bicyclic) bond motifs is 1. The number of rotatable bonds is 4. The molecule has 0 aliphatic heterocycles. The van der Waals surface area contributed by atoms with Crippen LogP contribution in [-0.4, -0.2) is 19.2 Å². The average Bonchev–Trinajstić information content (AvgIpc) is 2.60. The normalized spacial score (nSPS) is 11.1. The Morgan fingerprint density at radius 1 is 1.04 bits per heavy atom. The van der Waals surface area contributed by atoms with Gasteiger partial charge in [0.2, 0.25) is 5.89 Å². The summed E-state index contributed by atoms with van der Waals surface area (Å²) < 4.78 is 16.7. The Bertz CT molecular complexity index is 978. The molecule has 0 fully saturated rings.